The molecule has 6 nitrogen and oxygen atoms in total. The van der Waals surface area contributed by atoms with Gasteiger partial charge in [0, 0.05) is 12.7 Å². The number of hydrogen-bond donors (Lipinski definition) is 2. The highest BCUT2D eigenvalue weighted by Gasteiger charge is 2.17. The van der Waals surface area contributed by atoms with Crippen molar-refractivity contribution in [1.82, 2.24) is 15.0 Å². The maximum absolute atomic E-state index is 11.6. The lowest BCUT2D eigenvalue weighted by Crippen LogP contribution is -2.39. The van der Waals surface area contributed by atoms with Crippen molar-refractivity contribution in [2.45, 2.75) is 18.4 Å². The molecule has 0 bridgehead atoms. The third kappa shape index (κ3) is 3.50. The molecule has 1 aromatic rings. The van der Waals surface area contributed by atoms with Gasteiger partial charge in [-0.05, 0) is 18.6 Å². The van der Waals surface area contributed by atoms with Gasteiger partial charge in [0.05, 0.1) is 0 Å². The maximum atomic E-state index is 11.6. The highest BCUT2D eigenvalue weighted by atomic mass is 32.2. The van der Waals surface area contributed by atoms with Crippen molar-refractivity contribution >= 4 is 16.1 Å². The topological polar surface area (TPSA) is 88.2 Å². The summed E-state index contributed by atoms with van der Waals surface area (Å²) in [7, 11) is -3.86. The lowest BCUT2D eigenvalue weighted by molar-refractivity contribution is 0.246. The molecule has 2 N–H and O–H groups in total. The molecule has 1 heterocycles. The van der Waals surface area contributed by atoms with Crippen LogP contribution >= 0.6 is 0 Å². The second kappa shape index (κ2) is 5.45. The van der Waals surface area contributed by atoms with E-state index < -0.39 is 16.1 Å². The number of carbonyl (C=O) groups excluding carboxylic acids is 1. The van der Waals surface area contributed by atoms with Crippen LogP contribution in [0.4, 0.5) is 4.79 Å². The monoisotopic (exact) mass is 243 g/mol. The largest absolute Gasteiger partial charge is 0.337 e. The minimum atomic E-state index is -3.86. The summed E-state index contributed by atoms with van der Waals surface area (Å²) in [4.78, 5) is 14.8. The molecule has 0 aromatic carbocycles. The molecule has 0 radical (unpaired) electrons. The van der Waals surface area contributed by atoms with Gasteiger partial charge in [-0.15, -0.1) is 0 Å². The van der Waals surface area contributed by atoms with Crippen LogP contribution in [0, 0.1) is 0 Å². The maximum Gasteiger partial charge on any atom is 0.328 e. The molecule has 0 spiro atoms. The lowest BCUT2D eigenvalue weighted by atomic mass is 10.5. The minimum Gasteiger partial charge on any atom is -0.337 e. The highest BCUT2D eigenvalue weighted by Crippen LogP contribution is 2.02. The average Bonchev–Trinajstić information content (AvgIpc) is 2.27. The van der Waals surface area contributed by atoms with Crippen LogP contribution in [0.25, 0.3) is 0 Å². The number of nitrogens with one attached hydrogen (secondary N) is 2. The van der Waals surface area contributed by atoms with E-state index in [9.17, 15) is 13.2 Å². The number of urea groups is 1. The number of hydrogen-bond acceptors (Lipinski definition) is 4. The third-order valence-electron chi connectivity index (χ3n) is 1.68. The number of aromatic nitrogens is 1. The van der Waals surface area contributed by atoms with Crippen LogP contribution in [0.3, 0.4) is 0 Å². The number of nitrogens with zero attached hydrogens (tertiary/aromatic N) is 1. The first-order valence-corrected chi connectivity index (χ1v) is 6.26. The zero-order valence-corrected chi connectivity index (χ0v) is 9.62. The third-order valence-corrected chi connectivity index (χ3v) is 2.92. The van der Waals surface area contributed by atoms with E-state index in [-0.39, 0.29) is 5.03 Å². The quantitative estimate of drug-likeness (QED) is 0.805. The van der Waals surface area contributed by atoms with Gasteiger partial charge >= 0.3 is 6.03 Å². The van der Waals surface area contributed by atoms with E-state index in [0.29, 0.717) is 6.54 Å². The van der Waals surface area contributed by atoms with Gasteiger partial charge in [-0.1, -0.05) is 13.0 Å². The predicted octanol–water partition coefficient (Wildman–Crippen LogP) is 0.480. The molecule has 1 rings (SSSR count). The summed E-state index contributed by atoms with van der Waals surface area (Å²) in [6.45, 7) is 2.29. The normalized spacial score (nSPS) is 10.8. The summed E-state index contributed by atoms with van der Waals surface area (Å²) in [5.41, 5.74) is 0. The summed E-state index contributed by atoms with van der Waals surface area (Å²) >= 11 is 0. The second-order valence-corrected chi connectivity index (χ2v) is 4.66. The molecule has 0 saturated carbocycles. The fourth-order valence-corrected chi connectivity index (χ4v) is 1.83. The summed E-state index contributed by atoms with van der Waals surface area (Å²) in [5, 5.41) is 2.22. The van der Waals surface area contributed by atoms with Crippen molar-refractivity contribution < 1.29 is 13.2 Å². The van der Waals surface area contributed by atoms with Crippen molar-refractivity contribution in [3.05, 3.63) is 24.4 Å². The summed E-state index contributed by atoms with van der Waals surface area (Å²) in [6.07, 6.45) is 2.08. The van der Waals surface area contributed by atoms with Crippen LogP contribution in [0.1, 0.15) is 13.3 Å². The van der Waals surface area contributed by atoms with E-state index in [1.165, 1.54) is 18.3 Å². The van der Waals surface area contributed by atoms with Gasteiger partial charge in [0.2, 0.25) is 0 Å². The van der Waals surface area contributed by atoms with Crippen molar-refractivity contribution in [1.29, 1.82) is 0 Å². The molecule has 2 amide bonds. The molecular weight excluding hydrogens is 230 g/mol. The average molecular weight is 243 g/mol. The molecule has 1 aromatic heterocycles. The molecule has 0 unspecified atom stereocenters. The minimum absolute atomic E-state index is 0.179. The molecular formula is C9H13N3O3S. The highest BCUT2D eigenvalue weighted by molar-refractivity contribution is 7.90. The SMILES string of the molecule is CCCNC(=O)NS(=O)(=O)c1ccccn1. The standard InChI is InChI=1S/C9H13N3O3S/c1-2-6-11-9(13)12-16(14,15)8-5-3-4-7-10-8/h3-5,7H,2,6H2,1H3,(H2,11,12,13). The summed E-state index contributed by atoms with van der Waals surface area (Å²) in [5.74, 6) is 0. The lowest BCUT2D eigenvalue weighted by Gasteiger charge is -2.06. The zero-order valence-electron chi connectivity index (χ0n) is 8.80. The van der Waals surface area contributed by atoms with Crippen LogP contribution in [0.15, 0.2) is 29.4 Å². The molecule has 0 fully saturated rings. The molecule has 7 heteroatoms. The molecule has 0 atom stereocenters. The van der Waals surface area contributed by atoms with Crippen LogP contribution in [-0.2, 0) is 10.0 Å². The van der Waals surface area contributed by atoms with Crippen LogP contribution in [-0.4, -0.2) is 26.0 Å². The fraction of sp³-hybridized carbons (Fsp3) is 0.333. The Balaban J connectivity index is 2.70. The van der Waals surface area contributed by atoms with E-state index in [2.05, 4.69) is 10.3 Å². The predicted molar refractivity (Wildman–Crippen MR) is 58.2 cm³/mol. The Morgan fingerprint density at radius 3 is 2.75 bits per heavy atom. The van der Waals surface area contributed by atoms with Gasteiger partial charge in [0.25, 0.3) is 10.0 Å². The van der Waals surface area contributed by atoms with Gasteiger partial charge in [-0.25, -0.2) is 14.5 Å². The Morgan fingerprint density at radius 1 is 1.44 bits per heavy atom. The van der Waals surface area contributed by atoms with Crippen LogP contribution < -0.4 is 10.0 Å². The van der Waals surface area contributed by atoms with Crippen molar-refractivity contribution in [2.24, 2.45) is 0 Å². The molecule has 0 aliphatic carbocycles. The molecule has 0 saturated heterocycles. The van der Waals surface area contributed by atoms with E-state index in [1.807, 2.05) is 11.6 Å². The summed E-state index contributed by atoms with van der Waals surface area (Å²) < 4.78 is 25.0. The zero-order chi connectivity index (χ0) is 12.0. The fourth-order valence-electron chi connectivity index (χ4n) is 0.955. The van der Waals surface area contributed by atoms with Crippen molar-refractivity contribution in [2.75, 3.05) is 6.54 Å². The first-order valence-electron chi connectivity index (χ1n) is 4.78. The van der Waals surface area contributed by atoms with Crippen LogP contribution in [0.5, 0.6) is 0 Å². The number of amides is 2. The Morgan fingerprint density at radius 2 is 2.19 bits per heavy atom. The number of pyridine rings is 1. The van der Waals surface area contributed by atoms with Gasteiger partial charge in [0.15, 0.2) is 5.03 Å². The van der Waals surface area contributed by atoms with E-state index in [1.54, 1.807) is 6.07 Å². The number of sulfonamides is 1. The number of carbonyl (C=O) groups is 1. The van der Waals surface area contributed by atoms with Gasteiger partial charge in [0.1, 0.15) is 0 Å². The Hall–Kier alpha value is -1.63. The Kier molecular flexibility index (Phi) is 4.24. The van der Waals surface area contributed by atoms with E-state index in [0.717, 1.165) is 6.42 Å². The van der Waals surface area contributed by atoms with Crippen molar-refractivity contribution in [3.63, 3.8) is 0 Å². The van der Waals surface area contributed by atoms with Crippen molar-refractivity contribution in [3.8, 4) is 0 Å². The first-order chi connectivity index (χ1) is 7.56. The van der Waals surface area contributed by atoms with E-state index >= 15 is 0 Å². The molecule has 88 valence electrons. The second-order valence-electron chi connectivity index (χ2n) is 3.03. The Labute approximate surface area is 94.1 Å². The van der Waals surface area contributed by atoms with Crippen LogP contribution in [0.2, 0.25) is 0 Å². The summed E-state index contributed by atoms with van der Waals surface area (Å²) in [6, 6.07) is 3.70. The molecule has 0 aliphatic rings. The molecule has 16 heavy (non-hydrogen) atoms. The Bertz CT molecular complexity index is 444. The van der Waals surface area contributed by atoms with Gasteiger partial charge in [-0.3, -0.25) is 0 Å². The number of rotatable bonds is 4. The van der Waals surface area contributed by atoms with Gasteiger partial charge < -0.3 is 5.32 Å². The molecule has 0 aliphatic heterocycles. The first kappa shape index (κ1) is 12.4. The van der Waals surface area contributed by atoms with Gasteiger partial charge in [-0.2, -0.15) is 8.42 Å². The van der Waals surface area contributed by atoms with E-state index in [4.69, 9.17) is 0 Å². The smallest absolute Gasteiger partial charge is 0.328 e.